The number of imidazole rings is 2. The van der Waals surface area contributed by atoms with Crippen LogP contribution in [0.15, 0.2) is 48.8 Å². The first-order valence-corrected chi connectivity index (χ1v) is 18.2. The summed E-state index contributed by atoms with van der Waals surface area (Å²) in [6.07, 6.45) is 6.40. The first-order valence-electron chi connectivity index (χ1n) is 18.2. The molecule has 12 nitrogen and oxygen atoms in total. The Labute approximate surface area is 303 Å². The Bertz CT molecular complexity index is 2120. The average Bonchev–Trinajstić information content (AvgIpc) is 3.70. The van der Waals surface area contributed by atoms with Gasteiger partial charge in [-0.05, 0) is 99.1 Å². The van der Waals surface area contributed by atoms with E-state index in [-0.39, 0.29) is 42.1 Å². The molecule has 2 aliphatic heterocycles. The van der Waals surface area contributed by atoms with Gasteiger partial charge in [-0.1, -0.05) is 38.0 Å². The van der Waals surface area contributed by atoms with Crippen molar-refractivity contribution in [1.82, 2.24) is 35.1 Å². The number of carbonyl (C=O) groups excluding carboxylic acids is 3. The molecule has 4 aromatic rings. The van der Waals surface area contributed by atoms with E-state index in [1.54, 1.807) is 6.20 Å². The first kappa shape index (κ1) is 33.8. The molecule has 2 aromatic heterocycles. The van der Waals surface area contributed by atoms with E-state index in [1.807, 2.05) is 56.7 Å². The number of nitrogens with one attached hydrogen (secondary N) is 3. The third kappa shape index (κ3) is 6.49. The largest absolute Gasteiger partial charge is 0.453 e. The summed E-state index contributed by atoms with van der Waals surface area (Å²) in [5.41, 5.74) is 2.90. The highest BCUT2D eigenvalue weighted by Crippen LogP contribution is 2.54. The van der Waals surface area contributed by atoms with Crippen LogP contribution in [0.2, 0.25) is 0 Å². The zero-order chi connectivity index (χ0) is 36.5. The zero-order valence-corrected chi connectivity index (χ0v) is 30.4. The van der Waals surface area contributed by atoms with Crippen LogP contribution in [-0.4, -0.2) is 78.7 Å². The molecule has 12 heteroatoms. The number of likely N-dealkylation sites (tertiary alicyclic amines) is 2. The topological polar surface area (TPSA) is 146 Å². The highest BCUT2D eigenvalue weighted by Gasteiger charge is 2.57. The molecular formula is C40H45N7O5. The van der Waals surface area contributed by atoms with Gasteiger partial charge in [0.05, 0.1) is 37.3 Å². The number of hydrogen-bond acceptors (Lipinski definition) is 7. The van der Waals surface area contributed by atoms with E-state index < -0.39 is 17.7 Å². The summed E-state index contributed by atoms with van der Waals surface area (Å²) in [6.45, 7) is 9.50. The van der Waals surface area contributed by atoms with Crippen LogP contribution in [0.5, 0.6) is 0 Å². The predicted molar refractivity (Wildman–Crippen MR) is 194 cm³/mol. The standard InChI is InChI=1S/C40H45N7O5/c1-21(2)34(45-38(49)51-6)37(48)46-30-15-26(30)17-32(46)36-42-20-29(44-36)25-11-10-23-13-22(7-9-24(23)14-25)8-12-28-19-41-35(43-28)33-18-27-16-31(27)47(33)39(50)52-40(3,4)5/h7,9-11,13-14,19-21,26-27,30-34H,15-18H2,1-6H3,(H,41,43)(H,42,44)(H,45,49)/t26-,27-,30-,31-,32+,33?,34+/m1/s1. The predicted octanol–water partition coefficient (Wildman–Crippen LogP) is 6.47. The molecule has 3 amide bonds. The summed E-state index contributed by atoms with van der Waals surface area (Å²) in [4.78, 5) is 58.7. The number of H-pyrrole nitrogens is 2. The number of ether oxygens (including phenoxy) is 2. The van der Waals surface area contributed by atoms with Crippen molar-refractivity contribution in [1.29, 1.82) is 0 Å². The number of methoxy groups -OCH3 is 1. The molecule has 52 heavy (non-hydrogen) atoms. The Morgan fingerprint density at radius 2 is 1.52 bits per heavy atom. The summed E-state index contributed by atoms with van der Waals surface area (Å²) >= 11 is 0. The van der Waals surface area contributed by atoms with Crippen molar-refractivity contribution in [2.75, 3.05) is 7.11 Å². The maximum atomic E-state index is 13.8. The number of piperidine rings is 2. The summed E-state index contributed by atoms with van der Waals surface area (Å²) in [6, 6.07) is 11.8. The normalized spacial score (nSPS) is 24.9. The number of amides is 3. The van der Waals surface area contributed by atoms with Gasteiger partial charge < -0.3 is 29.7 Å². The van der Waals surface area contributed by atoms with Crippen LogP contribution >= 0.6 is 0 Å². The molecule has 4 heterocycles. The summed E-state index contributed by atoms with van der Waals surface area (Å²) in [5.74, 6) is 8.75. The van der Waals surface area contributed by atoms with E-state index in [0.29, 0.717) is 17.5 Å². The van der Waals surface area contributed by atoms with Gasteiger partial charge in [0, 0.05) is 23.2 Å². The highest BCUT2D eigenvalue weighted by atomic mass is 16.6. The van der Waals surface area contributed by atoms with Gasteiger partial charge in [-0.15, -0.1) is 0 Å². The first-order chi connectivity index (χ1) is 24.9. The molecule has 2 aliphatic carbocycles. The fourth-order valence-electron chi connectivity index (χ4n) is 8.01. The number of aromatic nitrogens is 4. The SMILES string of the molecule is COC(=O)N[C@H](C(=O)N1[C@@H]2C[C@@H]2C[C@H]1c1ncc(-c2ccc3cc(C#Cc4cnc(C5C[C@H]6C[C@H]6N5C(=O)OC(C)(C)C)[nH]4)ccc3c2)[nH]1)C(C)C. The monoisotopic (exact) mass is 703 g/mol. The van der Waals surface area contributed by atoms with Crippen molar-refractivity contribution < 1.29 is 23.9 Å². The Hall–Kier alpha value is -5.31. The van der Waals surface area contributed by atoms with Crippen LogP contribution in [0.25, 0.3) is 22.0 Å². The number of hydrogen-bond donors (Lipinski definition) is 3. The molecule has 3 N–H and O–H groups in total. The molecule has 0 bridgehead atoms. The highest BCUT2D eigenvalue weighted by molar-refractivity contribution is 5.88. The van der Waals surface area contributed by atoms with Gasteiger partial charge in [0.15, 0.2) is 0 Å². The van der Waals surface area contributed by atoms with Crippen LogP contribution in [-0.2, 0) is 14.3 Å². The van der Waals surface area contributed by atoms with Crippen molar-refractivity contribution in [2.45, 2.75) is 96.1 Å². The molecule has 2 saturated carbocycles. The van der Waals surface area contributed by atoms with Gasteiger partial charge in [-0.2, -0.15) is 0 Å². The summed E-state index contributed by atoms with van der Waals surface area (Å²) < 4.78 is 10.5. The minimum atomic E-state index is -0.671. The molecule has 8 rings (SSSR count). The number of carbonyl (C=O) groups is 3. The molecule has 1 unspecified atom stereocenters. The van der Waals surface area contributed by atoms with Crippen LogP contribution in [0.3, 0.4) is 0 Å². The van der Waals surface area contributed by atoms with E-state index in [2.05, 4.69) is 62.4 Å². The molecule has 0 spiro atoms. The molecular weight excluding hydrogens is 658 g/mol. The lowest BCUT2D eigenvalue weighted by Crippen LogP contribution is -2.52. The van der Waals surface area contributed by atoms with Crippen LogP contribution in [0.1, 0.15) is 95.3 Å². The van der Waals surface area contributed by atoms with Gasteiger partial charge in [-0.3, -0.25) is 9.69 Å². The van der Waals surface area contributed by atoms with Gasteiger partial charge in [-0.25, -0.2) is 19.6 Å². The molecule has 270 valence electrons. The lowest BCUT2D eigenvalue weighted by atomic mass is 10.0. The third-order valence-electron chi connectivity index (χ3n) is 10.8. The van der Waals surface area contributed by atoms with Crippen molar-refractivity contribution >= 4 is 28.9 Å². The lowest BCUT2D eigenvalue weighted by molar-refractivity contribution is -0.136. The molecule has 4 fully saturated rings. The minimum Gasteiger partial charge on any atom is -0.453 e. The van der Waals surface area contributed by atoms with E-state index in [4.69, 9.17) is 14.5 Å². The Kier molecular flexibility index (Phi) is 8.27. The Morgan fingerprint density at radius 3 is 2.23 bits per heavy atom. The number of alkyl carbamates (subject to hydrolysis) is 1. The van der Waals surface area contributed by atoms with Gasteiger partial charge >= 0.3 is 12.2 Å². The molecule has 2 aromatic carbocycles. The summed E-state index contributed by atoms with van der Waals surface area (Å²) in [5, 5.41) is 4.86. The van der Waals surface area contributed by atoms with Gasteiger partial charge in [0.2, 0.25) is 5.91 Å². The second-order valence-electron chi connectivity index (χ2n) is 16.0. The van der Waals surface area contributed by atoms with Crippen molar-refractivity contribution in [2.24, 2.45) is 17.8 Å². The van der Waals surface area contributed by atoms with E-state index in [0.717, 1.165) is 64.9 Å². The van der Waals surface area contributed by atoms with E-state index in [9.17, 15) is 14.4 Å². The van der Waals surface area contributed by atoms with Crippen LogP contribution < -0.4 is 5.32 Å². The number of rotatable bonds is 6. The number of benzene rings is 2. The van der Waals surface area contributed by atoms with Crippen molar-refractivity contribution in [3.05, 3.63) is 71.7 Å². The van der Waals surface area contributed by atoms with Gasteiger partial charge in [0.1, 0.15) is 29.0 Å². The number of aromatic amines is 2. The quantitative estimate of drug-likeness (QED) is 0.195. The van der Waals surface area contributed by atoms with Crippen molar-refractivity contribution in [3.8, 4) is 23.1 Å². The number of fused-ring (bicyclic) bond motifs is 3. The summed E-state index contributed by atoms with van der Waals surface area (Å²) in [7, 11) is 1.30. The number of nitrogens with zero attached hydrogens (tertiary/aromatic N) is 4. The molecule has 7 atom stereocenters. The smallest absolute Gasteiger partial charge is 0.411 e. The second kappa shape index (κ2) is 12.7. The Morgan fingerprint density at radius 1 is 0.865 bits per heavy atom. The lowest BCUT2D eigenvalue weighted by Gasteiger charge is -2.31. The second-order valence-corrected chi connectivity index (χ2v) is 16.0. The fourth-order valence-corrected chi connectivity index (χ4v) is 8.01. The van der Waals surface area contributed by atoms with Gasteiger partial charge in [0.25, 0.3) is 0 Å². The Balaban J connectivity index is 0.956. The fraction of sp³-hybridized carbons (Fsp3) is 0.475. The molecule has 2 saturated heterocycles. The third-order valence-corrected chi connectivity index (χ3v) is 10.8. The van der Waals surface area contributed by atoms with E-state index in [1.165, 1.54) is 7.11 Å². The van der Waals surface area contributed by atoms with Crippen LogP contribution in [0, 0.1) is 29.6 Å². The van der Waals surface area contributed by atoms with Crippen LogP contribution in [0.4, 0.5) is 9.59 Å². The molecule has 4 aliphatic rings. The van der Waals surface area contributed by atoms with Crippen molar-refractivity contribution in [3.63, 3.8) is 0 Å². The minimum absolute atomic E-state index is 0.0923. The maximum absolute atomic E-state index is 13.8. The van der Waals surface area contributed by atoms with E-state index >= 15 is 0 Å². The molecule has 0 radical (unpaired) electrons. The zero-order valence-electron chi connectivity index (χ0n) is 30.4. The average molecular weight is 704 g/mol. The maximum Gasteiger partial charge on any atom is 0.411 e.